The monoisotopic (exact) mass is 227 g/mol. The van der Waals surface area contributed by atoms with E-state index in [0.717, 1.165) is 12.8 Å². The lowest BCUT2D eigenvalue weighted by Gasteiger charge is -2.50. The summed E-state index contributed by atoms with van der Waals surface area (Å²) in [6.07, 6.45) is 3.27. The minimum absolute atomic E-state index is 0.200. The summed E-state index contributed by atoms with van der Waals surface area (Å²) < 4.78 is 0. The molecule has 16 heavy (non-hydrogen) atoms. The fourth-order valence-electron chi connectivity index (χ4n) is 3.46. The Labute approximate surface area is 98.4 Å². The first kappa shape index (κ1) is 13.5. The molecule has 0 heterocycles. The SMILES string of the molecule is CC1CC(C)CC(CC(=O)O)(C(C)(C)N)C1. The Morgan fingerprint density at radius 1 is 1.38 bits per heavy atom. The lowest BCUT2D eigenvalue weighted by molar-refractivity contribution is -0.142. The zero-order chi connectivity index (χ0) is 12.6. The lowest BCUT2D eigenvalue weighted by atomic mass is 9.57. The van der Waals surface area contributed by atoms with Crippen molar-refractivity contribution in [2.45, 2.75) is 58.9 Å². The summed E-state index contributed by atoms with van der Waals surface area (Å²) >= 11 is 0. The molecule has 1 saturated carbocycles. The van der Waals surface area contributed by atoms with Crippen molar-refractivity contribution in [2.24, 2.45) is 23.0 Å². The smallest absolute Gasteiger partial charge is 0.303 e. The number of carboxylic acid groups (broad SMARTS) is 1. The van der Waals surface area contributed by atoms with Gasteiger partial charge in [0.15, 0.2) is 0 Å². The third-order valence-electron chi connectivity index (χ3n) is 4.14. The summed E-state index contributed by atoms with van der Waals surface area (Å²) in [4.78, 5) is 11.1. The molecule has 3 nitrogen and oxygen atoms in total. The van der Waals surface area contributed by atoms with E-state index in [-0.39, 0.29) is 11.8 Å². The van der Waals surface area contributed by atoms with Gasteiger partial charge in [0.05, 0.1) is 6.42 Å². The summed E-state index contributed by atoms with van der Waals surface area (Å²) in [5, 5.41) is 9.11. The van der Waals surface area contributed by atoms with Gasteiger partial charge in [-0.25, -0.2) is 0 Å². The molecule has 0 aromatic carbocycles. The van der Waals surface area contributed by atoms with Crippen LogP contribution in [0.1, 0.15) is 53.4 Å². The number of aliphatic carboxylic acids is 1. The second-order valence-corrected chi connectivity index (χ2v) is 6.43. The molecule has 0 aliphatic heterocycles. The minimum Gasteiger partial charge on any atom is -0.481 e. The van der Waals surface area contributed by atoms with Gasteiger partial charge in [-0.1, -0.05) is 13.8 Å². The van der Waals surface area contributed by atoms with E-state index in [0.29, 0.717) is 11.8 Å². The van der Waals surface area contributed by atoms with Gasteiger partial charge in [0.2, 0.25) is 0 Å². The van der Waals surface area contributed by atoms with Crippen molar-refractivity contribution in [1.82, 2.24) is 0 Å². The largest absolute Gasteiger partial charge is 0.481 e. The van der Waals surface area contributed by atoms with Crippen molar-refractivity contribution < 1.29 is 9.90 Å². The van der Waals surface area contributed by atoms with Crippen molar-refractivity contribution >= 4 is 5.97 Å². The van der Waals surface area contributed by atoms with Gasteiger partial charge < -0.3 is 10.8 Å². The van der Waals surface area contributed by atoms with E-state index in [1.54, 1.807) is 0 Å². The van der Waals surface area contributed by atoms with Gasteiger partial charge in [0, 0.05) is 5.54 Å². The van der Waals surface area contributed by atoms with E-state index in [1.807, 2.05) is 13.8 Å². The lowest BCUT2D eigenvalue weighted by Crippen LogP contribution is -2.55. The molecule has 0 bridgehead atoms. The van der Waals surface area contributed by atoms with Crippen LogP contribution in [0.15, 0.2) is 0 Å². The topological polar surface area (TPSA) is 63.3 Å². The Balaban J connectivity index is 2.98. The fourth-order valence-corrected chi connectivity index (χ4v) is 3.46. The highest BCUT2D eigenvalue weighted by atomic mass is 16.4. The van der Waals surface area contributed by atoms with E-state index in [2.05, 4.69) is 13.8 Å². The first-order chi connectivity index (χ1) is 7.16. The quantitative estimate of drug-likeness (QED) is 0.779. The molecule has 3 N–H and O–H groups in total. The number of rotatable bonds is 3. The highest BCUT2D eigenvalue weighted by Gasteiger charge is 2.47. The van der Waals surface area contributed by atoms with Crippen molar-refractivity contribution in [3.8, 4) is 0 Å². The fraction of sp³-hybridized carbons (Fsp3) is 0.923. The van der Waals surface area contributed by atoms with Crippen LogP contribution in [0.3, 0.4) is 0 Å². The molecule has 0 aromatic rings. The molecular weight excluding hydrogens is 202 g/mol. The van der Waals surface area contributed by atoms with E-state index in [4.69, 9.17) is 10.8 Å². The van der Waals surface area contributed by atoms with Gasteiger partial charge in [0.1, 0.15) is 0 Å². The molecule has 1 fully saturated rings. The molecule has 3 heteroatoms. The van der Waals surface area contributed by atoms with Crippen LogP contribution in [-0.2, 0) is 4.79 Å². The van der Waals surface area contributed by atoms with Gasteiger partial charge in [-0.3, -0.25) is 4.79 Å². The molecule has 0 aromatic heterocycles. The number of hydrogen-bond acceptors (Lipinski definition) is 2. The number of carboxylic acids is 1. The van der Waals surface area contributed by atoms with Crippen molar-refractivity contribution in [1.29, 1.82) is 0 Å². The van der Waals surface area contributed by atoms with E-state index in [9.17, 15) is 4.79 Å². The molecule has 1 aliphatic carbocycles. The van der Waals surface area contributed by atoms with E-state index < -0.39 is 11.5 Å². The highest BCUT2D eigenvalue weighted by Crippen LogP contribution is 2.50. The van der Waals surface area contributed by atoms with Crippen molar-refractivity contribution in [3.05, 3.63) is 0 Å². The Morgan fingerprint density at radius 3 is 2.12 bits per heavy atom. The minimum atomic E-state index is -0.722. The van der Waals surface area contributed by atoms with Crippen LogP contribution in [0, 0.1) is 17.3 Å². The zero-order valence-corrected chi connectivity index (χ0v) is 10.9. The first-order valence-corrected chi connectivity index (χ1v) is 6.17. The standard InChI is InChI=1S/C13H25NO2/c1-9-5-10(2)7-13(6-9,8-11(15)16)12(3,4)14/h9-10H,5-8,14H2,1-4H3,(H,15,16). The predicted octanol–water partition coefficient (Wildman–Crippen LogP) is 2.64. The van der Waals surface area contributed by atoms with Gasteiger partial charge in [-0.15, -0.1) is 0 Å². The molecule has 0 radical (unpaired) electrons. The van der Waals surface area contributed by atoms with Crippen LogP contribution in [0.4, 0.5) is 0 Å². The van der Waals surface area contributed by atoms with Gasteiger partial charge in [-0.05, 0) is 50.4 Å². The molecule has 2 unspecified atom stereocenters. The predicted molar refractivity (Wildman–Crippen MR) is 65.1 cm³/mol. The number of hydrogen-bond donors (Lipinski definition) is 2. The van der Waals surface area contributed by atoms with Crippen molar-refractivity contribution in [3.63, 3.8) is 0 Å². The second-order valence-electron chi connectivity index (χ2n) is 6.43. The van der Waals surface area contributed by atoms with Crippen LogP contribution in [0.25, 0.3) is 0 Å². The maximum atomic E-state index is 11.1. The average molecular weight is 227 g/mol. The molecule has 1 rings (SSSR count). The number of nitrogens with two attached hydrogens (primary N) is 1. The van der Waals surface area contributed by atoms with Crippen molar-refractivity contribution in [2.75, 3.05) is 0 Å². The summed E-state index contributed by atoms with van der Waals surface area (Å²) in [7, 11) is 0. The van der Waals surface area contributed by atoms with Gasteiger partial charge >= 0.3 is 5.97 Å². The third-order valence-corrected chi connectivity index (χ3v) is 4.14. The maximum absolute atomic E-state index is 11.1. The van der Waals surface area contributed by atoms with Crippen LogP contribution >= 0.6 is 0 Å². The molecule has 2 atom stereocenters. The average Bonchev–Trinajstić information content (AvgIpc) is 1.97. The Morgan fingerprint density at radius 2 is 1.81 bits per heavy atom. The second kappa shape index (κ2) is 4.36. The van der Waals surface area contributed by atoms with Crippen LogP contribution < -0.4 is 5.73 Å². The molecule has 0 amide bonds. The molecule has 0 spiro atoms. The van der Waals surface area contributed by atoms with E-state index in [1.165, 1.54) is 6.42 Å². The summed E-state index contributed by atoms with van der Waals surface area (Å²) in [6.45, 7) is 8.36. The molecular formula is C13H25NO2. The molecule has 94 valence electrons. The third kappa shape index (κ3) is 2.76. The summed E-state index contributed by atoms with van der Waals surface area (Å²) in [5.41, 5.74) is 5.59. The van der Waals surface area contributed by atoms with Crippen LogP contribution in [-0.4, -0.2) is 16.6 Å². The Hall–Kier alpha value is -0.570. The summed E-state index contributed by atoms with van der Waals surface area (Å²) in [5.74, 6) is 0.427. The Kier molecular flexibility index (Phi) is 3.68. The van der Waals surface area contributed by atoms with Crippen LogP contribution in [0.2, 0.25) is 0 Å². The number of carbonyl (C=O) groups is 1. The zero-order valence-electron chi connectivity index (χ0n) is 10.9. The molecule has 0 saturated heterocycles. The summed E-state index contributed by atoms with van der Waals surface area (Å²) in [6, 6.07) is 0. The van der Waals surface area contributed by atoms with Gasteiger partial charge in [-0.2, -0.15) is 0 Å². The van der Waals surface area contributed by atoms with E-state index >= 15 is 0 Å². The van der Waals surface area contributed by atoms with Crippen LogP contribution in [0.5, 0.6) is 0 Å². The maximum Gasteiger partial charge on any atom is 0.303 e. The van der Waals surface area contributed by atoms with Gasteiger partial charge in [0.25, 0.3) is 0 Å². The molecule has 1 aliphatic rings. The Bertz CT molecular complexity index is 258. The highest BCUT2D eigenvalue weighted by molar-refractivity contribution is 5.68. The first-order valence-electron chi connectivity index (χ1n) is 6.17. The normalized spacial score (nSPS) is 36.1.